The molecule has 1 aliphatic rings. The normalized spacial score (nSPS) is 16.4. The molecule has 6 nitrogen and oxygen atoms in total. The summed E-state index contributed by atoms with van der Waals surface area (Å²) in [6, 6.07) is -0.282. The summed E-state index contributed by atoms with van der Waals surface area (Å²) >= 11 is 0. The first-order chi connectivity index (χ1) is 8.60. The highest BCUT2D eigenvalue weighted by Gasteiger charge is 2.42. The molecule has 0 saturated heterocycles. The third kappa shape index (κ3) is 2.64. The number of hydrogen-bond donors (Lipinski definition) is 3. The van der Waals surface area contributed by atoms with Gasteiger partial charge < -0.3 is 20.3 Å². The van der Waals surface area contributed by atoms with E-state index in [0.29, 0.717) is 24.4 Å². The molecule has 100 valence electrons. The molecule has 0 atom stereocenters. The molecule has 1 fully saturated rings. The minimum Gasteiger partial charge on any atom is -0.396 e. The Labute approximate surface area is 106 Å². The minimum absolute atomic E-state index is 0.0887. The second kappa shape index (κ2) is 4.97. The Balaban J connectivity index is 1.89. The minimum atomic E-state index is -0.282. The summed E-state index contributed by atoms with van der Waals surface area (Å²) in [5, 5.41) is 18.5. The topological polar surface area (TPSA) is 87.4 Å². The molecule has 1 saturated carbocycles. The van der Waals surface area contributed by atoms with Crippen molar-refractivity contribution in [1.82, 2.24) is 10.5 Å². The SMILES string of the molecule is CCc1noc(C)c1NC(=O)NCC1(CO)CC1. The highest BCUT2D eigenvalue weighted by atomic mass is 16.5. The maximum atomic E-state index is 11.7. The molecule has 0 unspecified atom stereocenters. The molecule has 1 aliphatic carbocycles. The van der Waals surface area contributed by atoms with Gasteiger partial charge in [-0.3, -0.25) is 0 Å². The van der Waals surface area contributed by atoms with Crippen LogP contribution in [0.1, 0.15) is 31.2 Å². The van der Waals surface area contributed by atoms with E-state index in [-0.39, 0.29) is 18.1 Å². The number of urea groups is 1. The number of carbonyl (C=O) groups is 1. The van der Waals surface area contributed by atoms with Crippen LogP contribution in [0.15, 0.2) is 4.52 Å². The van der Waals surface area contributed by atoms with Crippen molar-refractivity contribution in [2.45, 2.75) is 33.1 Å². The molecule has 0 bridgehead atoms. The monoisotopic (exact) mass is 253 g/mol. The lowest BCUT2D eigenvalue weighted by Crippen LogP contribution is -2.35. The van der Waals surface area contributed by atoms with E-state index in [1.807, 2.05) is 6.92 Å². The molecule has 6 heteroatoms. The van der Waals surface area contributed by atoms with Gasteiger partial charge in [-0.05, 0) is 26.2 Å². The Morgan fingerprint density at radius 2 is 2.28 bits per heavy atom. The number of hydrogen-bond acceptors (Lipinski definition) is 4. The smallest absolute Gasteiger partial charge is 0.319 e. The van der Waals surface area contributed by atoms with E-state index in [9.17, 15) is 4.79 Å². The fraction of sp³-hybridized carbons (Fsp3) is 0.667. The lowest BCUT2D eigenvalue weighted by atomic mass is 10.1. The fourth-order valence-electron chi connectivity index (χ4n) is 1.81. The predicted molar refractivity (Wildman–Crippen MR) is 66.4 cm³/mol. The summed E-state index contributed by atoms with van der Waals surface area (Å²) in [7, 11) is 0. The van der Waals surface area contributed by atoms with Gasteiger partial charge >= 0.3 is 6.03 Å². The van der Waals surface area contributed by atoms with Gasteiger partial charge in [0.25, 0.3) is 0 Å². The van der Waals surface area contributed by atoms with E-state index in [1.165, 1.54) is 0 Å². The molecule has 0 radical (unpaired) electrons. The van der Waals surface area contributed by atoms with Gasteiger partial charge in [0.1, 0.15) is 11.4 Å². The van der Waals surface area contributed by atoms with Crippen molar-refractivity contribution in [3.8, 4) is 0 Å². The molecule has 2 rings (SSSR count). The van der Waals surface area contributed by atoms with Crippen LogP contribution < -0.4 is 10.6 Å². The van der Waals surface area contributed by atoms with Gasteiger partial charge in [-0.15, -0.1) is 0 Å². The molecule has 1 heterocycles. The van der Waals surface area contributed by atoms with Gasteiger partial charge in [-0.25, -0.2) is 4.79 Å². The molecule has 1 aromatic heterocycles. The van der Waals surface area contributed by atoms with Crippen LogP contribution in [0.3, 0.4) is 0 Å². The van der Waals surface area contributed by atoms with Gasteiger partial charge in [-0.1, -0.05) is 12.1 Å². The first kappa shape index (κ1) is 12.9. The summed E-state index contributed by atoms with van der Waals surface area (Å²) in [6.45, 7) is 4.34. The standard InChI is InChI=1S/C12H19N3O3/c1-3-9-10(8(2)18-15-9)14-11(17)13-6-12(7-16)4-5-12/h16H,3-7H2,1-2H3,(H2,13,14,17). The van der Waals surface area contributed by atoms with Crippen molar-refractivity contribution >= 4 is 11.7 Å². The van der Waals surface area contributed by atoms with Crippen LogP contribution in [-0.2, 0) is 6.42 Å². The maximum Gasteiger partial charge on any atom is 0.319 e. The quantitative estimate of drug-likeness (QED) is 0.741. The van der Waals surface area contributed by atoms with Crippen molar-refractivity contribution in [2.75, 3.05) is 18.5 Å². The number of anilines is 1. The summed E-state index contributed by atoms with van der Waals surface area (Å²) in [5.41, 5.74) is 1.30. The first-order valence-corrected chi connectivity index (χ1v) is 6.21. The molecule has 2 amide bonds. The van der Waals surface area contributed by atoms with E-state index in [2.05, 4.69) is 15.8 Å². The van der Waals surface area contributed by atoms with Crippen LogP contribution in [0.4, 0.5) is 10.5 Å². The van der Waals surface area contributed by atoms with Crippen molar-refractivity contribution in [3.63, 3.8) is 0 Å². The van der Waals surface area contributed by atoms with E-state index < -0.39 is 0 Å². The Bertz CT molecular complexity index is 438. The van der Waals surface area contributed by atoms with Gasteiger partial charge in [0.05, 0.1) is 6.61 Å². The second-order valence-corrected chi connectivity index (χ2v) is 4.88. The first-order valence-electron chi connectivity index (χ1n) is 6.21. The van der Waals surface area contributed by atoms with E-state index in [0.717, 1.165) is 18.5 Å². The molecule has 1 aromatic rings. The zero-order valence-electron chi connectivity index (χ0n) is 10.7. The Hall–Kier alpha value is -1.56. The number of rotatable bonds is 5. The number of carbonyl (C=O) groups excluding carboxylic acids is 1. The summed E-state index contributed by atoms with van der Waals surface area (Å²) in [6.07, 6.45) is 2.64. The maximum absolute atomic E-state index is 11.7. The molecule has 0 aliphatic heterocycles. The molecular weight excluding hydrogens is 234 g/mol. The third-order valence-electron chi connectivity index (χ3n) is 3.42. The lowest BCUT2D eigenvalue weighted by molar-refractivity contribution is 0.206. The van der Waals surface area contributed by atoms with Crippen molar-refractivity contribution in [2.24, 2.45) is 5.41 Å². The highest BCUT2D eigenvalue weighted by Crippen LogP contribution is 2.44. The number of aliphatic hydroxyl groups is 1. The lowest BCUT2D eigenvalue weighted by Gasteiger charge is -2.13. The van der Waals surface area contributed by atoms with Crippen molar-refractivity contribution in [3.05, 3.63) is 11.5 Å². The van der Waals surface area contributed by atoms with Crippen LogP contribution in [-0.4, -0.2) is 29.4 Å². The zero-order chi connectivity index (χ0) is 13.2. The highest BCUT2D eigenvalue weighted by molar-refractivity contribution is 5.90. The van der Waals surface area contributed by atoms with Crippen LogP contribution in [0, 0.1) is 12.3 Å². The van der Waals surface area contributed by atoms with Crippen LogP contribution >= 0.6 is 0 Å². The number of amides is 2. The van der Waals surface area contributed by atoms with Gasteiger partial charge in [0, 0.05) is 12.0 Å². The number of aryl methyl sites for hydroxylation is 2. The Kier molecular flexibility index (Phi) is 3.56. The predicted octanol–water partition coefficient (Wildman–Crippen LogP) is 1.44. The largest absolute Gasteiger partial charge is 0.396 e. The molecule has 0 aromatic carbocycles. The average molecular weight is 253 g/mol. The van der Waals surface area contributed by atoms with E-state index in [4.69, 9.17) is 9.63 Å². The van der Waals surface area contributed by atoms with Crippen LogP contribution in [0.2, 0.25) is 0 Å². The van der Waals surface area contributed by atoms with Gasteiger partial charge in [-0.2, -0.15) is 0 Å². The molecule has 18 heavy (non-hydrogen) atoms. The number of aliphatic hydroxyl groups excluding tert-OH is 1. The number of nitrogens with zero attached hydrogens (tertiary/aromatic N) is 1. The summed E-state index contributed by atoms with van der Waals surface area (Å²) < 4.78 is 5.03. The van der Waals surface area contributed by atoms with Gasteiger partial charge in [0.15, 0.2) is 5.76 Å². The third-order valence-corrected chi connectivity index (χ3v) is 3.42. The second-order valence-electron chi connectivity index (χ2n) is 4.88. The van der Waals surface area contributed by atoms with E-state index in [1.54, 1.807) is 6.92 Å². The fourth-order valence-corrected chi connectivity index (χ4v) is 1.81. The van der Waals surface area contributed by atoms with Crippen molar-refractivity contribution < 1.29 is 14.4 Å². The molecular formula is C12H19N3O3. The van der Waals surface area contributed by atoms with Crippen LogP contribution in [0.5, 0.6) is 0 Å². The molecule has 3 N–H and O–H groups in total. The molecule has 0 spiro atoms. The summed E-state index contributed by atoms with van der Waals surface area (Å²) in [5.74, 6) is 0.602. The van der Waals surface area contributed by atoms with Crippen LogP contribution in [0.25, 0.3) is 0 Å². The number of aromatic nitrogens is 1. The van der Waals surface area contributed by atoms with E-state index >= 15 is 0 Å². The Morgan fingerprint density at radius 1 is 1.56 bits per heavy atom. The summed E-state index contributed by atoms with van der Waals surface area (Å²) in [4.78, 5) is 11.7. The Morgan fingerprint density at radius 3 is 2.83 bits per heavy atom. The zero-order valence-corrected chi connectivity index (χ0v) is 10.7. The van der Waals surface area contributed by atoms with Gasteiger partial charge in [0.2, 0.25) is 0 Å². The average Bonchev–Trinajstić information content (AvgIpc) is 3.08. The number of nitrogens with one attached hydrogen (secondary N) is 2. The van der Waals surface area contributed by atoms with Crippen molar-refractivity contribution in [1.29, 1.82) is 0 Å².